The number of piperidine rings is 1. The number of likely N-dealkylation sites (tertiary alicyclic amines) is 1. The molecular weight excluding hydrogens is 392 g/mol. The van der Waals surface area contributed by atoms with Crippen LogP contribution in [-0.2, 0) is 22.6 Å². The van der Waals surface area contributed by atoms with E-state index >= 15 is 0 Å². The summed E-state index contributed by atoms with van der Waals surface area (Å²) >= 11 is 0. The molecule has 0 aliphatic carbocycles. The number of benzene rings is 2. The summed E-state index contributed by atoms with van der Waals surface area (Å²) < 4.78 is 10.6. The van der Waals surface area contributed by atoms with E-state index < -0.39 is 5.41 Å². The molecule has 2 amide bonds. The molecular formula is C25H32N2O4. The molecule has 0 spiro atoms. The Morgan fingerprint density at radius 3 is 2.16 bits per heavy atom. The van der Waals surface area contributed by atoms with E-state index in [1.54, 1.807) is 20.3 Å². The standard InChI is InChI=1S/C25H32N2O4/c1-25(24(29)26-18-20-15-21(30-2)17-22(16-20)31-3)11-13-27(14-12-25)23(28)10-9-19-7-5-4-6-8-19/h4-8,15-17H,9-14,18H2,1-3H3,(H,26,29). The van der Waals surface area contributed by atoms with E-state index in [0.717, 1.165) is 12.0 Å². The van der Waals surface area contributed by atoms with Gasteiger partial charge >= 0.3 is 0 Å². The van der Waals surface area contributed by atoms with E-state index in [1.807, 2.05) is 54.3 Å². The summed E-state index contributed by atoms with van der Waals surface area (Å²) in [6, 6.07) is 15.6. The minimum atomic E-state index is -0.473. The molecule has 1 heterocycles. The van der Waals surface area contributed by atoms with E-state index in [9.17, 15) is 9.59 Å². The Morgan fingerprint density at radius 2 is 1.58 bits per heavy atom. The molecule has 3 rings (SSSR count). The van der Waals surface area contributed by atoms with Crippen molar-refractivity contribution in [3.63, 3.8) is 0 Å². The first kappa shape index (κ1) is 22.7. The normalized spacial score (nSPS) is 15.3. The summed E-state index contributed by atoms with van der Waals surface area (Å²) in [5.74, 6) is 1.56. The molecule has 1 N–H and O–H groups in total. The lowest BCUT2D eigenvalue weighted by Gasteiger charge is -2.38. The van der Waals surface area contributed by atoms with Crippen LogP contribution in [0.25, 0.3) is 0 Å². The molecule has 6 heteroatoms. The lowest BCUT2D eigenvalue weighted by atomic mass is 9.79. The van der Waals surface area contributed by atoms with Crippen LogP contribution in [0.5, 0.6) is 11.5 Å². The van der Waals surface area contributed by atoms with Crippen molar-refractivity contribution >= 4 is 11.8 Å². The van der Waals surface area contributed by atoms with Crippen LogP contribution in [0.15, 0.2) is 48.5 Å². The zero-order valence-corrected chi connectivity index (χ0v) is 18.6. The first-order chi connectivity index (χ1) is 14.9. The highest BCUT2D eigenvalue weighted by Crippen LogP contribution is 2.32. The van der Waals surface area contributed by atoms with Crippen molar-refractivity contribution in [3.8, 4) is 11.5 Å². The van der Waals surface area contributed by atoms with Crippen molar-refractivity contribution < 1.29 is 19.1 Å². The molecule has 0 aromatic heterocycles. The van der Waals surface area contributed by atoms with Gasteiger partial charge in [-0.15, -0.1) is 0 Å². The van der Waals surface area contributed by atoms with Crippen LogP contribution in [0.1, 0.15) is 37.3 Å². The van der Waals surface area contributed by atoms with Crippen molar-refractivity contribution in [2.24, 2.45) is 5.41 Å². The SMILES string of the molecule is COc1cc(CNC(=O)C2(C)CCN(C(=O)CCc3ccccc3)CC2)cc(OC)c1. The Morgan fingerprint density at radius 1 is 0.968 bits per heavy atom. The zero-order valence-electron chi connectivity index (χ0n) is 18.6. The van der Waals surface area contributed by atoms with Gasteiger partial charge in [-0.05, 0) is 42.5 Å². The van der Waals surface area contributed by atoms with Gasteiger partial charge in [-0.25, -0.2) is 0 Å². The lowest BCUT2D eigenvalue weighted by Crippen LogP contribution is -2.48. The highest BCUT2D eigenvalue weighted by molar-refractivity contribution is 5.83. The molecule has 1 fully saturated rings. The molecule has 0 atom stereocenters. The highest BCUT2D eigenvalue weighted by Gasteiger charge is 2.37. The van der Waals surface area contributed by atoms with Gasteiger partial charge < -0.3 is 19.7 Å². The third kappa shape index (κ3) is 6.00. The maximum atomic E-state index is 12.9. The van der Waals surface area contributed by atoms with Gasteiger partial charge in [0.25, 0.3) is 0 Å². The van der Waals surface area contributed by atoms with Crippen LogP contribution in [0.2, 0.25) is 0 Å². The van der Waals surface area contributed by atoms with Crippen LogP contribution in [0.3, 0.4) is 0 Å². The molecule has 2 aromatic carbocycles. The van der Waals surface area contributed by atoms with E-state index in [-0.39, 0.29) is 11.8 Å². The fraction of sp³-hybridized carbons (Fsp3) is 0.440. The second-order valence-corrected chi connectivity index (χ2v) is 8.33. The maximum Gasteiger partial charge on any atom is 0.226 e. The van der Waals surface area contributed by atoms with Gasteiger partial charge in [-0.1, -0.05) is 37.3 Å². The van der Waals surface area contributed by atoms with Gasteiger partial charge in [0.05, 0.1) is 14.2 Å². The average Bonchev–Trinajstić information content (AvgIpc) is 2.81. The van der Waals surface area contributed by atoms with Crippen LogP contribution >= 0.6 is 0 Å². The van der Waals surface area contributed by atoms with Crippen molar-refractivity contribution in [2.45, 2.75) is 39.2 Å². The first-order valence-corrected chi connectivity index (χ1v) is 10.8. The minimum absolute atomic E-state index is 0.0191. The number of hydrogen-bond donors (Lipinski definition) is 1. The largest absolute Gasteiger partial charge is 0.497 e. The van der Waals surface area contributed by atoms with E-state index in [1.165, 1.54) is 5.56 Å². The van der Waals surface area contributed by atoms with Gasteiger partial charge in [-0.2, -0.15) is 0 Å². The van der Waals surface area contributed by atoms with E-state index in [2.05, 4.69) is 5.32 Å². The Hall–Kier alpha value is -3.02. The molecule has 1 aliphatic rings. The van der Waals surface area contributed by atoms with Crippen LogP contribution in [-0.4, -0.2) is 44.0 Å². The van der Waals surface area contributed by atoms with Crippen LogP contribution < -0.4 is 14.8 Å². The van der Waals surface area contributed by atoms with Crippen molar-refractivity contribution in [1.29, 1.82) is 0 Å². The van der Waals surface area contributed by atoms with Gasteiger partial charge in [-0.3, -0.25) is 9.59 Å². The smallest absolute Gasteiger partial charge is 0.226 e. The molecule has 0 radical (unpaired) electrons. The Bertz CT molecular complexity index is 867. The predicted octanol–water partition coefficient (Wildman–Crippen LogP) is 3.58. The summed E-state index contributed by atoms with van der Waals surface area (Å²) in [5, 5.41) is 3.05. The van der Waals surface area contributed by atoms with Gasteiger partial charge in [0.2, 0.25) is 11.8 Å². The summed E-state index contributed by atoms with van der Waals surface area (Å²) in [7, 11) is 3.21. The van der Waals surface area contributed by atoms with Crippen molar-refractivity contribution in [2.75, 3.05) is 27.3 Å². The number of aryl methyl sites for hydroxylation is 1. The fourth-order valence-electron chi connectivity index (χ4n) is 3.89. The number of nitrogens with zero attached hydrogens (tertiary/aromatic N) is 1. The molecule has 0 saturated carbocycles. The summed E-state index contributed by atoms with van der Waals surface area (Å²) in [4.78, 5) is 27.4. The number of amides is 2. The van der Waals surface area contributed by atoms with E-state index in [4.69, 9.17) is 9.47 Å². The highest BCUT2D eigenvalue weighted by atomic mass is 16.5. The molecule has 1 aliphatic heterocycles. The van der Waals surface area contributed by atoms with Gasteiger partial charge in [0.1, 0.15) is 11.5 Å². The Kier molecular flexibility index (Phi) is 7.55. The maximum absolute atomic E-state index is 12.9. The monoisotopic (exact) mass is 424 g/mol. The predicted molar refractivity (Wildman–Crippen MR) is 120 cm³/mol. The van der Waals surface area contributed by atoms with E-state index in [0.29, 0.717) is 50.4 Å². The summed E-state index contributed by atoms with van der Waals surface area (Å²) in [5.41, 5.74) is 1.62. The number of rotatable bonds is 8. The lowest BCUT2D eigenvalue weighted by molar-refractivity contribution is -0.139. The zero-order chi connectivity index (χ0) is 22.3. The molecule has 6 nitrogen and oxygen atoms in total. The second-order valence-electron chi connectivity index (χ2n) is 8.33. The number of carbonyl (C=O) groups is 2. The number of methoxy groups -OCH3 is 2. The molecule has 0 bridgehead atoms. The van der Waals surface area contributed by atoms with Crippen LogP contribution in [0.4, 0.5) is 0 Å². The topological polar surface area (TPSA) is 67.9 Å². The molecule has 1 saturated heterocycles. The Balaban J connectivity index is 1.49. The summed E-state index contributed by atoms with van der Waals surface area (Å²) in [6.07, 6.45) is 2.58. The number of hydrogen-bond acceptors (Lipinski definition) is 4. The Labute approximate surface area is 184 Å². The fourth-order valence-corrected chi connectivity index (χ4v) is 3.89. The summed E-state index contributed by atoms with van der Waals surface area (Å²) in [6.45, 7) is 3.62. The molecule has 0 unspecified atom stereocenters. The van der Waals surface area contributed by atoms with Crippen LogP contribution in [0, 0.1) is 5.41 Å². The van der Waals surface area contributed by atoms with Gasteiger partial charge in [0.15, 0.2) is 0 Å². The molecule has 166 valence electrons. The second kappa shape index (κ2) is 10.3. The minimum Gasteiger partial charge on any atom is -0.497 e. The van der Waals surface area contributed by atoms with Gasteiger partial charge in [0, 0.05) is 37.5 Å². The molecule has 2 aromatic rings. The quantitative estimate of drug-likeness (QED) is 0.703. The number of carbonyl (C=O) groups excluding carboxylic acids is 2. The third-order valence-electron chi connectivity index (χ3n) is 6.10. The van der Waals surface area contributed by atoms with Crippen molar-refractivity contribution in [1.82, 2.24) is 10.2 Å². The number of ether oxygens (including phenoxy) is 2. The molecule has 31 heavy (non-hydrogen) atoms. The third-order valence-corrected chi connectivity index (χ3v) is 6.10. The first-order valence-electron chi connectivity index (χ1n) is 10.8. The number of nitrogens with one attached hydrogen (secondary N) is 1. The van der Waals surface area contributed by atoms with Crippen molar-refractivity contribution in [3.05, 3.63) is 59.7 Å². The average molecular weight is 425 g/mol.